The van der Waals surface area contributed by atoms with Crippen LogP contribution in [0.15, 0.2) is 48.5 Å². The lowest BCUT2D eigenvalue weighted by Crippen LogP contribution is -2.53. The maximum Gasteiger partial charge on any atom is 0.244 e. The zero-order valence-corrected chi connectivity index (χ0v) is 21.4. The number of carbonyl (C=O) groups excluding carboxylic acids is 2. The number of nitrogens with zero attached hydrogens (tertiary/aromatic N) is 2. The highest BCUT2D eigenvalue weighted by Gasteiger charge is 2.31. The summed E-state index contributed by atoms with van der Waals surface area (Å²) in [5, 5.41) is 3.06. The molecule has 0 bridgehead atoms. The Kier molecular flexibility index (Phi) is 8.88. The largest absolute Gasteiger partial charge is 0.352 e. The van der Waals surface area contributed by atoms with E-state index in [-0.39, 0.29) is 24.2 Å². The van der Waals surface area contributed by atoms with E-state index < -0.39 is 34.3 Å². The van der Waals surface area contributed by atoms with Gasteiger partial charge >= 0.3 is 0 Å². The van der Waals surface area contributed by atoms with Gasteiger partial charge in [-0.1, -0.05) is 55.2 Å². The standard InChI is InChI=1S/C26H34FN3O4S/c1-19-9-7-10-21(15-19)17-29(20(2)26(32)28-23-12-5-4-6-13-23)25(31)18-30(35(3,33)34)24-14-8-11-22(27)16-24/h7-11,14-16,20,23H,4-6,12-13,17-18H2,1-3H3,(H,28,32)/t20-/m0/s1. The van der Waals surface area contributed by atoms with Crippen LogP contribution in [-0.2, 0) is 26.2 Å². The lowest BCUT2D eigenvalue weighted by Gasteiger charge is -2.33. The molecule has 1 aliphatic carbocycles. The molecular weight excluding hydrogens is 469 g/mol. The van der Waals surface area contributed by atoms with Crippen LogP contribution in [0.1, 0.15) is 50.2 Å². The number of hydrogen-bond donors (Lipinski definition) is 1. The minimum absolute atomic E-state index is 0.0515. The molecule has 3 rings (SSSR count). The number of anilines is 1. The molecule has 1 fully saturated rings. The van der Waals surface area contributed by atoms with Crippen molar-refractivity contribution in [2.24, 2.45) is 0 Å². The summed E-state index contributed by atoms with van der Waals surface area (Å²) in [7, 11) is -3.89. The molecule has 1 aliphatic rings. The topological polar surface area (TPSA) is 86.8 Å². The molecule has 0 radical (unpaired) electrons. The number of amides is 2. The molecule has 0 unspecified atom stereocenters. The van der Waals surface area contributed by atoms with Crippen LogP contribution in [0.3, 0.4) is 0 Å². The number of aryl methyl sites for hydroxylation is 1. The molecular formula is C26H34FN3O4S. The third-order valence-corrected chi connectivity index (χ3v) is 7.47. The summed E-state index contributed by atoms with van der Waals surface area (Å²) in [6, 6.07) is 11.9. The highest BCUT2D eigenvalue weighted by Crippen LogP contribution is 2.21. The average Bonchev–Trinajstić information content (AvgIpc) is 2.80. The second kappa shape index (κ2) is 11.7. The van der Waals surface area contributed by atoms with Crippen molar-refractivity contribution in [2.45, 2.75) is 64.6 Å². The monoisotopic (exact) mass is 503 g/mol. The second-order valence-corrected chi connectivity index (χ2v) is 11.2. The molecule has 2 aromatic rings. The van der Waals surface area contributed by atoms with Gasteiger partial charge in [0.05, 0.1) is 11.9 Å². The number of carbonyl (C=O) groups is 2. The molecule has 35 heavy (non-hydrogen) atoms. The number of sulfonamides is 1. The van der Waals surface area contributed by atoms with E-state index in [1.54, 1.807) is 6.92 Å². The Hall–Kier alpha value is -2.94. The normalized spacial score (nSPS) is 15.3. The first-order valence-electron chi connectivity index (χ1n) is 11.9. The van der Waals surface area contributed by atoms with E-state index in [9.17, 15) is 22.4 Å². The zero-order chi connectivity index (χ0) is 25.6. The molecule has 1 atom stereocenters. The molecule has 0 saturated heterocycles. The zero-order valence-electron chi connectivity index (χ0n) is 20.5. The van der Waals surface area contributed by atoms with Crippen LogP contribution in [0.5, 0.6) is 0 Å². The van der Waals surface area contributed by atoms with Crippen LogP contribution < -0.4 is 9.62 Å². The molecule has 1 N–H and O–H groups in total. The Morgan fingerprint density at radius 3 is 2.40 bits per heavy atom. The molecule has 190 valence electrons. The summed E-state index contributed by atoms with van der Waals surface area (Å²) < 4.78 is 39.7. The lowest BCUT2D eigenvalue weighted by molar-refractivity contribution is -0.139. The first-order valence-corrected chi connectivity index (χ1v) is 13.8. The van der Waals surface area contributed by atoms with Crippen LogP contribution in [0.2, 0.25) is 0 Å². The summed E-state index contributed by atoms with van der Waals surface area (Å²) in [6.07, 6.45) is 6.05. The van der Waals surface area contributed by atoms with E-state index in [2.05, 4.69) is 5.32 Å². The van der Waals surface area contributed by atoms with Crippen molar-refractivity contribution in [3.05, 3.63) is 65.5 Å². The maximum absolute atomic E-state index is 13.8. The second-order valence-electron chi connectivity index (χ2n) is 9.28. The SMILES string of the molecule is Cc1cccc(CN(C(=O)CN(c2cccc(F)c2)S(C)(=O)=O)[C@@H](C)C(=O)NC2CCCCC2)c1. The Labute approximate surface area is 207 Å². The van der Waals surface area contributed by atoms with Crippen LogP contribution >= 0.6 is 0 Å². The van der Waals surface area contributed by atoms with Gasteiger partial charge in [0.15, 0.2) is 0 Å². The summed E-state index contributed by atoms with van der Waals surface area (Å²) in [5.74, 6) is -1.43. The van der Waals surface area contributed by atoms with Crippen molar-refractivity contribution in [1.82, 2.24) is 10.2 Å². The number of nitrogens with one attached hydrogen (secondary N) is 1. The number of halogens is 1. The molecule has 0 aliphatic heterocycles. The predicted octanol–water partition coefficient (Wildman–Crippen LogP) is 3.77. The summed E-state index contributed by atoms with van der Waals surface area (Å²) in [4.78, 5) is 28.1. The fraction of sp³-hybridized carbons (Fsp3) is 0.462. The highest BCUT2D eigenvalue weighted by molar-refractivity contribution is 7.92. The molecule has 0 spiro atoms. The van der Waals surface area contributed by atoms with Gasteiger partial charge in [0.25, 0.3) is 0 Å². The number of rotatable bonds is 9. The summed E-state index contributed by atoms with van der Waals surface area (Å²) in [6.45, 7) is 3.18. The third kappa shape index (κ3) is 7.52. The van der Waals surface area contributed by atoms with Gasteiger partial charge in [0, 0.05) is 12.6 Å². The quantitative estimate of drug-likeness (QED) is 0.565. The van der Waals surface area contributed by atoms with Crippen LogP contribution in [0.4, 0.5) is 10.1 Å². The highest BCUT2D eigenvalue weighted by atomic mass is 32.2. The van der Waals surface area contributed by atoms with Crippen LogP contribution in [0, 0.1) is 12.7 Å². The van der Waals surface area contributed by atoms with E-state index in [0.717, 1.165) is 59.9 Å². The van der Waals surface area contributed by atoms with Crippen molar-refractivity contribution < 1.29 is 22.4 Å². The first-order chi connectivity index (χ1) is 16.5. The van der Waals surface area contributed by atoms with Crippen molar-refractivity contribution in [3.8, 4) is 0 Å². The van der Waals surface area contributed by atoms with Crippen molar-refractivity contribution in [3.63, 3.8) is 0 Å². The van der Waals surface area contributed by atoms with Gasteiger partial charge in [0.1, 0.15) is 18.4 Å². The Bertz CT molecular complexity index is 1150. The maximum atomic E-state index is 13.8. The molecule has 2 aromatic carbocycles. The van der Waals surface area contributed by atoms with Gasteiger partial charge in [-0.2, -0.15) is 0 Å². The average molecular weight is 504 g/mol. The minimum atomic E-state index is -3.89. The van der Waals surface area contributed by atoms with E-state index >= 15 is 0 Å². The van der Waals surface area contributed by atoms with E-state index in [1.807, 2.05) is 31.2 Å². The van der Waals surface area contributed by atoms with E-state index in [4.69, 9.17) is 0 Å². The van der Waals surface area contributed by atoms with E-state index in [1.165, 1.54) is 23.1 Å². The number of hydrogen-bond acceptors (Lipinski definition) is 4. The van der Waals surface area contributed by atoms with Gasteiger partial charge in [-0.05, 0) is 50.5 Å². The van der Waals surface area contributed by atoms with E-state index in [0.29, 0.717) is 0 Å². The Balaban J connectivity index is 1.87. The van der Waals surface area contributed by atoms with Crippen LogP contribution in [0.25, 0.3) is 0 Å². The van der Waals surface area contributed by atoms with Crippen molar-refractivity contribution >= 4 is 27.5 Å². The van der Waals surface area contributed by atoms with Gasteiger partial charge in [-0.25, -0.2) is 12.8 Å². The molecule has 1 saturated carbocycles. The Morgan fingerprint density at radius 1 is 1.09 bits per heavy atom. The molecule has 0 aromatic heterocycles. The van der Waals surface area contributed by atoms with Gasteiger partial charge in [0.2, 0.25) is 21.8 Å². The van der Waals surface area contributed by atoms with Crippen molar-refractivity contribution in [2.75, 3.05) is 17.1 Å². The molecule has 2 amide bonds. The summed E-state index contributed by atoms with van der Waals surface area (Å²) >= 11 is 0. The lowest BCUT2D eigenvalue weighted by atomic mass is 9.95. The van der Waals surface area contributed by atoms with Gasteiger partial charge in [-0.3, -0.25) is 13.9 Å². The van der Waals surface area contributed by atoms with Gasteiger partial charge in [-0.15, -0.1) is 0 Å². The molecule has 9 heteroatoms. The minimum Gasteiger partial charge on any atom is -0.352 e. The molecule has 0 heterocycles. The summed E-state index contributed by atoms with van der Waals surface area (Å²) in [5.41, 5.74) is 1.88. The third-order valence-electron chi connectivity index (χ3n) is 6.33. The molecule has 7 nitrogen and oxygen atoms in total. The van der Waals surface area contributed by atoms with Gasteiger partial charge < -0.3 is 10.2 Å². The Morgan fingerprint density at radius 2 is 1.77 bits per heavy atom. The fourth-order valence-corrected chi connectivity index (χ4v) is 5.24. The van der Waals surface area contributed by atoms with Crippen LogP contribution in [-0.4, -0.2) is 50.0 Å². The first kappa shape index (κ1) is 26.7. The predicted molar refractivity (Wildman–Crippen MR) is 135 cm³/mol. The fourth-order valence-electron chi connectivity index (χ4n) is 4.40. The van der Waals surface area contributed by atoms with Crippen molar-refractivity contribution in [1.29, 1.82) is 0 Å². The number of benzene rings is 2. The smallest absolute Gasteiger partial charge is 0.244 e.